The van der Waals surface area contributed by atoms with Crippen molar-refractivity contribution < 1.29 is 19.2 Å². The number of hydrogen-bond acceptors (Lipinski definition) is 5. The number of nitrogens with one attached hydrogen (secondary N) is 6. The predicted octanol–water partition coefficient (Wildman–Crippen LogP) is 2.96. The van der Waals surface area contributed by atoms with Gasteiger partial charge in [-0.2, -0.15) is 0 Å². The summed E-state index contributed by atoms with van der Waals surface area (Å²) in [6, 6.07) is 4.60. The van der Waals surface area contributed by atoms with Crippen LogP contribution in [0.4, 0.5) is 21.9 Å². The zero-order valence-corrected chi connectivity index (χ0v) is 19.6. The van der Waals surface area contributed by atoms with Crippen LogP contribution in [0, 0.1) is 13.8 Å². The first-order valence-electron chi connectivity index (χ1n) is 10.3. The number of carbonyl (C=O) groups is 3. The lowest BCUT2D eigenvalue weighted by Gasteiger charge is -2.14. The smallest absolute Gasteiger partial charge is 0.319 e. The fourth-order valence-corrected chi connectivity index (χ4v) is 3.55. The van der Waals surface area contributed by atoms with Gasteiger partial charge >= 0.3 is 6.03 Å². The molecule has 1 aromatic carbocycles. The zero-order valence-electron chi connectivity index (χ0n) is 18.8. The number of amides is 4. The molecule has 4 amide bonds. The van der Waals surface area contributed by atoms with Gasteiger partial charge in [0.15, 0.2) is 0 Å². The number of alkyl halides is 1. The van der Waals surface area contributed by atoms with Crippen molar-refractivity contribution in [2.24, 2.45) is 0 Å². The van der Waals surface area contributed by atoms with Gasteiger partial charge < -0.3 is 26.3 Å². The Morgan fingerprint density at radius 2 is 2.00 bits per heavy atom. The number of benzene rings is 1. The molecule has 0 bridgehead atoms. The van der Waals surface area contributed by atoms with Crippen LogP contribution in [0.3, 0.4) is 0 Å². The summed E-state index contributed by atoms with van der Waals surface area (Å²) in [7, 11) is 1.64. The number of carbonyl (C=O) groups excluding carboxylic acids is 3. The number of anilines is 3. The van der Waals surface area contributed by atoms with Gasteiger partial charge in [-0.25, -0.2) is 10.3 Å². The molecule has 1 aliphatic rings. The molecular weight excluding hydrogens is 448 g/mol. The van der Waals surface area contributed by atoms with Gasteiger partial charge in [0.1, 0.15) is 5.88 Å². The largest absolute Gasteiger partial charge is 0.357 e. The van der Waals surface area contributed by atoms with Gasteiger partial charge in [-0.1, -0.05) is 6.07 Å². The van der Waals surface area contributed by atoms with E-state index in [2.05, 4.69) is 31.7 Å². The van der Waals surface area contributed by atoms with E-state index in [4.69, 9.17) is 16.4 Å². The van der Waals surface area contributed by atoms with Crippen molar-refractivity contribution in [2.75, 3.05) is 35.5 Å². The van der Waals surface area contributed by atoms with Gasteiger partial charge in [-0.3, -0.25) is 14.4 Å². The van der Waals surface area contributed by atoms with Crippen LogP contribution in [0.1, 0.15) is 29.4 Å². The fourth-order valence-electron chi connectivity index (χ4n) is 3.48. The van der Waals surface area contributed by atoms with Crippen molar-refractivity contribution in [3.8, 4) is 0 Å². The Balaban J connectivity index is 1.78. The van der Waals surface area contributed by atoms with Gasteiger partial charge in [-0.15, -0.1) is 11.6 Å². The fraction of sp³-hybridized carbons (Fsp3) is 0.318. The summed E-state index contributed by atoms with van der Waals surface area (Å²) < 4.78 is 0. The SMILES string of the molecule is CNOCC(C)NC(=O)Nc1ccc2c(c1)NC(=O)/C2=C\c1[nH]c(C)c(NC(=O)CCl)c1C. The number of rotatable bonds is 8. The second kappa shape index (κ2) is 10.5. The van der Waals surface area contributed by atoms with Crippen molar-refractivity contribution in [1.29, 1.82) is 0 Å². The molecule has 1 unspecified atom stereocenters. The van der Waals surface area contributed by atoms with E-state index in [9.17, 15) is 14.4 Å². The number of H-pyrrole nitrogens is 1. The van der Waals surface area contributed by atoms with Crippen LogP contribution < -0.4 is 26.7 Å². The molecule has 1 aliphatic heterocycles. The Hall–Kier alpha value is -3.34. The second-order valence-electron chi connectivity index (χ2n) is 7.63. The maximum absolute atomic E-state index is 12.6. The van der Waals surface area contributed by atoms with Crippen LogP contribution >= 0.6 is 11.6 Å². The third-order valence-electron chi connectivity index (χ3n) is 5.07. The third-order valence-corrected chi connectivity index (χ3v) is 5.31. The Kier molecular flexibility index (Phi) is 7.75. The summed E-state index contributed by atoms with van der Waals surface area (Å²) in [6.45, 7) is 5.80. The van der Waals surface area contributed by atoms with E-state index >= 15 is 0 Å². The van der Waals surface area contributed by atoms with E-state index in [-0.39, 0.29) is 29.8 Å². The second-order valence-corrected chi connectivity index (χ2v) is 7.90. The van der Waals surface area contributed by atoms with Crippen LogP contribution in [-0.4, -0.2) is 48.4 Å². The van der Waals surface area contributed by atoms with E-state index in [0.29, 0.717) is 40.5 Å². The summed E-state index contributed by atoms with van der Waals surface area (Å²) >= 11 is 5.59. The molecule has 10 nitrogen and oxygen atoms in total. The molecule has 2 heterocycles. The highest BCUT2D eigenvalue weighted by molar-refractivity contribution is 6.35. The minimum absolute atomic E-state index is 0.146. The first-order chi connectivity index (χ1) is 15.7. The molecule has 0 spiro atoms. The number of hydrogen-bond donors (Lipinski definition) is 6. The highest BCUT2D eigenvalue weighted by atomic mass is 35.5. The van der Waals surface area contributed by atoms with Crippen molar-refractivity contribution in [1.82, 2.24) is 15.8 Å². The molecule has 3 rings (SSSR count). The summed E-state index contributed by atoms with van der Waals surface area (Å²) in [5.41, 5.74) is 7.76. The van der Waals surface area contributed by atoms with Gasteiger partial charge in [0.2, 0.25) is 5.91 Å². The first-order valence-corrected chi connectivity index (χ1v) is 10.9. The molecule has 0 aliphatic carbocycles. The first kappa shape index (κ1) is 24.3. The Bertz CT molecular complexity index is 1110. The van der Waals surface area contributed by atoms with Gasteiger partial charge in [0.05, 0.1) is 29.6 Å². The summed E-state index contributed by atoms with van der Waals surface area (Å²) in [5, 5.41) is 11.1. The van der Waals surface area contributed by atoms with Crippen LogP contribution in [-0.2, 0) is 14.4 Å². The van der Waals surface area contributed by atoms with Gasteiger partial charge in [0, 0.05) is 29.7 Å². The number of fused-ring (bicyclic) bond motifs is 1. The van der Waals surface area contributed by atoms with Crippen molar-refractivity contribution in [3.63, 3.8) is 0 Å². The molecule has 6 N–H and O–H groups in total. The van der Waals surface area contributed by atoms with E-state index < -0.39 is 0 Å². The average Bonchev–Trinajstić information content (AvgIpc) is 3.21. The van der Waals surface area contributed by atoms with Crippen molar-refractivity contribution >= 4 is 58.2 Å². The van der Waals surface area contributed by atoms with Gasteiger partial charge in [0.25, 0.3) is 5.91 Å². The lowest BCUT2D eigenvalue weighted by atomic mass is 10.0. The molecule has 1 aromatic heterocycles. The number of aromatic nitrogens is 1. The minimum atomic E-state index is -0.383. The van der Waals surface area contributed by atoms with Gasteiger partial charge in [-0.05, 0) is 44.5 Å². The third kappa shape index (κ3) is 5.72. The van der Waals surface area contributed by atoms with Crippen LogP contribution in [0.25, 0.3) is 11.6 Å². The molecular formula is C22H27ClN6O4. The number of aryl methyl sites for hydroxylation is 1. The Labute approximate surface area is 196 Å². The summed E-state index contributed by atoms with van der Waals surface area (Å²) in [5.74, 6) is -0.715. The lowest BCUT2D eigenvalue weighted by Crippen LogP contribution is -2.39. The highest BCUT2D eigenvalue weighted by Gasteiger charge is 2.25. The number of hydroxylamine groups is 1. The zero-order chi connectivity index (χ0) is 24.1. The molecule has 33 heavy (non-hydrogen) atoms. The molecule has 0 saturated carbocycles. The molecule has 11 heteroatoms. The summed E-state index contributed by atoms with van der Waals surface area (Å²) in [6.07, 6.45) is 1.74. The van der Waals surface area contributed by atoms with Crippen molar-refractivity contribution in [2.45, 2.75) is 26.8 Å². The van der Waals surface area contributed by atoms with Crippen LogP contribution in [0.15, 0.2) is 18.2 Å². The standard InChI is InChI=1S/C22H27ClN6O4/c1-11(10-33-24-4)25-22(32)27-14-5-6-15-16(21(31)28-18(15)7-14)8-17-12(2)20(13(3)26-17)29-19(30)9-23/h5-8,11,24,26H,9-10H2,1-4H3,(H,28,31)(H,29,30)(H2,25,27,32)/b16-8-. The van der Waals surface area contributed by atoms with E-state index in [1.54, 1.807) is 31.3 Å². The highest BCUT2D eigenvalue weighted by Crippen LogP contribution is 2.36. The molecule has 0 fully saturated rings. The number of halogens is 1. The van der Waals surface area contributed by atoms with E-state index in [1.165, 1.54) is 0 Å². The topological polar surface area (TPSA) is 136 Å². The Morgan fingerprint density at radius 3 is 2.70 bits per heavy atom. The quantitative estimate of drug-likeness (QED) is 0.198. The summed E-state index contributed by atoms with van der Waals surface area (Å²) in [4.78, 5) is 44.8. The monoisotopic (exact) mass is 474 g/mol. The molecule has 0 saturated heterocycles. The lowest BCUT2D eigenvalue weighted by molar-refractivity contribution is -0.114. The molecule has 2 aromatic rings. The Morgan fingerprint density at radius 1 is 1.24 bits per heavy atom. The van der Waals surface area contributed by atoms with Crippen LogP contribution in [0.5, 0.6) is 0 Å². The number of urea groups is 1. The predicted molar refractivity (Wildman–Crippen MR) is 129 cm³/mol. The molecule has 1 atom stereocenters. The van der Waals surface area contributed by atoms with E-state index in [1.807, 2.05) is 20.8 Å². The average molecular weight is 475 g/mol. The van der Waals surface area contributed by atoms with Crippen molar-refractivity contribution in [3.05, 3.63) is 40.7 Å². The minimum Gasteiger partial charge on any atom is -0.357 e. The molecule has 176 valence electrons. The van der Waals surface area contributed by atoms with Crippen LogP contribution in [0.2, 0.25) is 0 Å². The molecule has 0 radical (unpaired) electrons. The maximum atomic E-state index is 12.6. The maximum Gasteiger partial charge on any atom is 0.319 e. The van der Waals surface area contributed by atoms with E-state index in [0.717, 1.165) is 11.3 Å². The number of aromatic amines is 1. The normalized spacial score (nSPS) is 14.6.